The van der Waals surface area contributed by atoms with E-state index in [1.807, 2.05) is 38.1 Å². The molecule has 0 bridgehead atoms. The van der Waals surface area contributed by atoms with E-state index in [-0.39, 0.29) is 18.3 Å². The van der Waals surface area contributed by atoms with Crippen molar-refractivity contribution in [3.05, 3.63) is 58.7 Å². The normalized spacial score (nSPS) is 10.7. The van der Waals surface area contributed by atoms with Gasteiger partial charge in [-0.25, -0.2) is 5.43 Å². The molecule has 0 aliphatic carbocycles. The van der Waals surface area contributed by atoms with Crippen LogP contribution in [-0.4, -0.2) is 23.8 Å². The molecule has 0 saturated carbocycles. The zero-order chi connectivity index (χ0) is 16.8. The summed E-state index contributed by atoms with van der Waals surface area (Å²) in [5.74, 6) is 0.497. The third kappa shape index (κ3) is 4.32. The van der Waals surface area contributed by atoms with Crippen LogP contribution >= 0.6 is 0 Å². The van der Waals surface area contributed by atoms with Crippen LogP contribution in [0.2, 0.25) is 0 Å². The molecule has 0 radical (unpaired) electrons. The number of hydrazone groups is 1. The summed E-state index contributed by atoms with van der Waals surface area (Å²) in [7, 11) is 0. The first-order valence-corrected chi connectivity index (χ1v) is 7.28. The van der Waals surface area contributed by atoms with Gasteiger partial charge in [0.1, 0.15) is 11.5 Å². The Labute approximate surface area is 135 Å². The molecule has 120 valence electrons. The maximum atomic E-state index is 11.8. The number of amides is 1. The topological polar surface area (TPSA) is 70.9 Å². The van der Waals surface area contributed by atoms with Crippen molar-refractivity contribution in [1.82, 2.24) is 5.43 Å². The first-order valence-electron chi connectivity index (χ1n) is 7.28. The molecule has 0 unspecified atom stereocenters. The molecule has 0 saturated heterocycles. The second-order valence-electron chi connectivity index (χ2n) is 5.32. The van der Waals surface area contributed by atoms with Gasteiger partial charge < -0.3 is 9.84 Å². The number of nitrogens with zero attached hydrogens (tertiary/aromatic N) is 1. The molecule has 0 fully saturated rings. The van der Waals surface area contributed by atoms with Crippen LogP contribution in [0.4, 0.5) is 0 Å². The third-order valence-corrected chi connectivity index (χ3v) is 3.42. The highest BCUT2D eigenvalue weighted by Gasteiger charge is 2.06. The summed E-state index contributed by atoms with van der Waals surface area (Å²) in [4.78, 5) is 11.8. The summed E-state index contributed by atoms with van der Waals surface area (Å²) in [6.45, 7) is 5.53. The zero-order valence-corrected chi connectivity index (χ0v) is 13.5. The highest BCUT2D eigenvalue weighted by atomic mass is 16.5. The van der Waals surface area contributed by atoms with Crippen LogP contribution in [0.3, 0.4) is 0 Å². The van der Waals surface area contributed by atoms with Crippen LogP contribution in [-0.2, 0) is 4.79 Å². The minimum Gasteiger partial charge on any atom is -0.507 e. The number of hydrogen-bond acceptors (Lipinski definition) is 4. The first kappa shape index (κ1) is 16.5. The molecule has 0 aromatic heterocycles. The van der Waals surface area contributed by atoms with Gasteiger partial charge in [0.2, 0.25) is 0 Å². The van der Waals surface area contributed by atoms with Crippen molar-refractivity contribution in [2.24, 2.45) is 5.10 Å². The van der Waals surface area contributed by atoms with Crippen molar-refractivity contribution in [1.29, 1.82) is 0 Å². The van der Waals surface area contributed by atoms with E-state index in [4.69, 9.17) is 4.74 Å². The Kier molecular flexibility index (Phi) is 5.36. The number of para-hydroxylation sites is 2. The molecule has 5 heteroatoms. The van der Waals surface area contributed by atoms with E-state index in [1.165, 1.54) is 6.21 Å². The van der Waals surface area contributed by atoms with E-state index < -0.39 is 0 Å². The number of ether oxygens (including phenoxy) is 1. The summed E-state index contributed by atoms with van der Waals surface area (Å²) >= 11 is 0. The minimum absolute atomic E-state index is 0.122. The van der Waals surface area contributed by atoms with E-state index in [9.17, 15) is 9.90 Å². The molecular formula is C18H20N2O3. The molecule has 2 aromatic carbocycles. The highest BCUT2D eigenvalue weighted by molar-refractivity contribution is 5.85. The second-order valence-corrected chi connectivity index (χ2v) is 5.32. The van der Waals surface area contributed by atoms with Crippen molar-refractivity contribution in [2.45, 2.75) is 20.8 Å². The Morgan fingerprint density at radius 1 is 1.13 bits per heavy atom. The Hall–Kier alpha value is -2.82. The lowest BCUT2D eigenvalue weighted by atomic mass is 10.1. The summed E-state index contributed by atoms with van der Waals surface area (Å²) in [5.41, 5.74) is 5.63. The van der Waals surface area contributed by atoms with Gasteiger partial charge in [-0.2, -0.15) is 5.10 Å². The fourth-order valence-corrected chi connectivity index (χ4v) is 2.16. The maximum Gasteiger partial charge on any atom is 0.277 e. The second kappa shape index (κ2) is 7.45. The number of aromatic hydroxyl groups is 1. The standard InChI is InChI=1S/C18H20N2O3/c1-12-6-5-9-15(17(12)22)10-19-20-16(21)11-23-18-13(2)7-4-8-14(18)3/h4-10,22H,11H2,1-3H3,(H,20,21)/b19-10-. The van der Waals surface area contributed by atoms with Gasteiger partial charge in [0, 0.05) is 5.56 Å². The summed E-state index contributed by atoms with van der Waals surface area (Å²) in [5, 5.41) is 13.7. The van der Waals surface area contributed by atoms with Gasteiger partial charge >= 0.3 is 0 Å². The maximum absolute atomic E-state index is 11.8. The smallest absolute Gasteiger partial charge is 0.277 e. The molecule has 2 N–H and O–H groups in total. The van der Waals surface area contributed by atoms with Crippen LogP contribution in [0.5, 0.6) is 11.5 Å². The fourth-order valence-electron chi connectivity index (χ4n) is 2.16. The van der Waals surface area contributed by atoms with Gasteiger partial charge in [0.15, 0.2) is 6.61 Å². The SMILES string of the molecule is Cc1cccc(/C=N\NC(=O)COc2c(C)cccc2C)c1O. The molecule has 0 spiro atoms. The van der Waals surface area contributed by atoms with Gasteiger partial charge in [-0.15, -0.1) is 0 Å². The van der Waals surface area contributed by atoms with Crippen LogP contribution < -0.4 is 10.2 Å². The lowest BCUT2D eigenvalue weighted by Crippen LogP contribution is -2.25. The number of phenols is 1. The number of rotatable bonds is 5. The monoisotopic (exact) mass is 312 g/mol. The molecule has 0 heterocycles. The number of benzene rings is 2. The Balaban J connectivity index is 1.90. The highest BCUT2D eigenvalue weighted by Crippen LogP contribution is 2.22. The fraction of sp³-hybridized carbons (Fsp3) is 0.222. The largest absolute Gasteiger partial charge is 0.507 e. The predicted octanol–water partition coefficient (Wildman–Crippen LogP) is 2.85. The van der Waals surface area contributed by atoms with Crippen molar-refractivity contribution in [2.75, 3.05) is 6.61 Å². The number of carbonyl (C=O) groups excluding carboxylic acids is 1. The summed E-state index contributed by atoms with van der Waals surface area (Å²) in [6, 6.07) is 11.1. The number of nitrogens with one attached hydrogen (secondary N) is 1. The Bertz CT molecular complexity index is 719. The third-order valence-electron chi connectivity index (χ3n) is 3.42. The molecule has 23 heavy (non-hydrogen) atoms. The average molecular weight is 312 g/mol. The number of phenolic OH excluding ortho intramolecular Hbond substituents is 1. The molecule has 5 nitrogen and oxygen atoms in total. The summed E-state index contributed by atoms with van der Waals surface area (Å²) in [6.07, 6.45) is 1.40. The van der Waals surface area contributed by atoms with Crippen molar-refractivity contribution >= 4 is 12.1 Å². The van der Waals surface area contributed by atoms with Gasteiger partial charge in [0.05, 0.1) is 6.21 Å². The average Bonchev–Trinajstić information content (AvgIpc) is 2.51. The number of hydrogen-bond donors (Lipinski definition) is 2. The Morgan fingerprint density at radius 3 is 2.43 bits per heavy atom. The predicted molar refractivity (Wildman–Crippen MR) is 90.0 cm³/mol. The van der Waals surface area contributed by atoms with Crippen LogP contribution in [0.1, 0.15) is 22.3 Å². The molecule has 0 aliphatic heterocycles. The van der Waals surface area contributed by atoms with Crippen molar-refractivity contribution in [3.8, 4) is 11.5 Å². The summed E-state index contributed by atoms with van der Waals surface area (Å²) < 4.78 is 5.54. The molecule has 2 rings (SSSR count). The van der Waals surface area contributed by atoms with Gasteiger partial charge in [-0.05, 0) is 43.5 Å². The van der Waals surface area contributed by atoms with Gasteiger partial charge in [-0.1, -0.05) is 30.3 Å². The van der Waals surface area contributed by atoms with E-state index in [1.54, 1.807) is 19.1 Å². The van der Waals surface area contributed by atoms with Gasteiger partial charge in [0.25, 0.3) is 5.91 Å². The van der Waals surface area contributed by atoms with E-state index in [0.717, 1.165) is 16.7 Å². The lowest BCUT2D eigenvalue weighted by Gasteiger charge is -2.10. The van der Waals surface area contributed by atoms with Crippen molar-refractivity contribution < 1.29 is 14.6 Å². The molecular weight excluding hydrogens is 292 g/mol. The van der Waals surface area contributed by atoms with E-state index >= 15 is 0 Å². The van der Waals surface area contributed by atoms with Crippen molar-refractivity contribution in [3.63, 3.8) is 0 Å². The molecule has 0 aliphatic rings. The lowest BCUT2D eigenvalue weighted by molar-refractivity contribution is -0.123. The Morgan fingerprint density at radius 2 is 1.74 bits per heavy atom. The first-order chi connectivity index (χ1) is 11.0. The van der Waals surface area contributed by atoms with Crippen LogP contribution in [0, 0.1) is 20.8 Å². The van der Waals surface area contributed by atoms with Crippen LogP contribution in [0.15, 0.2) is 41.5 Å². The molecule has 2 aromatic rings. The molecule has 0 atom stereocenters. The number of aryl methyl sites for hydroxylation is 3. The quantitative estimate of drug-likeness (QED) is 0.659. The minimum atomic E-state index is -0.365. The van der Waals surface area contributed by atoms with E-state index in [2.05, 4.69) is 10.5 Å². The van der Waals surface area contributed by atoms with Crippen LogP contribution in [0.25, 0.3) is 0 Å². The number of carbonyl (C=O) groups is 1. The van der Waals surface area contributed by atoms with E-state index in [0.29, 0.717) is 11.3 Å². The zero-order valence-electron chi connectivity index (χ0n) is 13.5. The van der Waals surface area contributed by atoms with Gasteiger partial charge in [-0.3, -0.25) is 4.79 Å². The molecule has 1 amide bonds.